The molecular formula is C17H18FNO4S. The number of ether oxygens (including phenoxy) is 2. The van der Waals surface area contributed by atoms with Crippen LogP contribution in [-0.2, 0) is 14.3 Å². The summed E-state index contributed by atoms with van der Waals surface area (Å²) < 4.78 is 23.1. The molecule has 0 aliphatic heterocycles. The number of carbonyl (C=O) groups is 2. The van der Waals surface area contributed by atoms with Crippen LogP contribution in [0.5, 0.6) is 5.75 Å². The molecular weight excluding hydrogens is 333 g/mol. The van der Waals surface area contributed by atoms with E-state index in [1.807, 2.05) is 17.5 Å². The number of methoxy groups -OCH3 is 1. The molecule has 2 aromatic rings. The van der Waals surface area contributed by atoms with E-state index < -0.39 is 18.1 Å². The molecule has 0 unspecified atom stereocenters. The van der Waals surface area contributed by atoms with Crippen molar-refractivity contribution in [3.8, 4) is 5.75 Å². The van der Waals surface area contributed by atoms with Crippen LogP contribution in [0.4, 0.5) is 4.39 Å². The van der Waals surface area contributed by atoms with Gasteiger partial charge in [-0.1, -0.05) is 6.07 Å². The van der Waals surface area contributed by atoms with Gasteiger partial charge in [0.2, 0.25) is 0 Å². The molecule has 0 saturated carbocycles. The largest absolute Gasteiger partial charge is 0.481 e. The molecule has 5 nitrogen and oxygen atoms in total. The SMILES string of the molecule is COC(=O)C[C@H](NC(=O)[C@H](C)Oc1ccc(F)cc1)c1cccs1. The Kier molecular flexibility index (Phi) is 6.31. The highest BCUT2D eigenvalue weighted by Gasteiger charge is 2.23. The van der Waals surface area contributed by atoms with E-state index in [1.54, 1.807) is 6.92 Å². The Bertz CT molecular complexity index is 672. The summed E-state index contributed by atoms with van der Waals surface area (Å²) in [5.74, 6) is -0.780. The van der Waals surface area contributed by atoms with E-state index in [9.17, 15) is 14.0 Å². The van der Waals surface area contributed by atoms with E-state index in [0.717, 1.165) is 4.88 Å². The molecule has 0 saturated heterocycles. The molecule has 0 radical (unpaired) electrons. The van der Waals surface area contributed by atoms with Crippen LogP contribution in [-0.4, -0.2) is 25.1 Å². The maximum Gasteiger partial charge on any atom is 0.307 e. The van der Waals surface area contributed by atoms with E-state index >= 15 is 0 Å². The highest BCUT2D eigenvalue weighted by molar-refractivity contribution is 7.10. The van der Waals surface area contributed by atoms with Gasteiger partial charge in [0.25, 0.3) is 5.91 Å². The molecule has 0 aliphatic carbocycles. The second-order valence-corrected chi connectivity index (χ2v) is 6.05. The molecule has 128 valence electrons. The van der Waals surface area contributed by atoms with E-state index in [4.69, 9.17) is 4.74 Å². The standard InChI is InChI=1S/C17H18FNO4S/c1-11(23-13-7-5-12(18)6-8-13)17(21)19-14(10-16(20)22-2)15-4-3-9-24-15/h3-9,11,14H,10H2,1-2H3,(H,19,21)/t11-,14-/m0/s1. The molecule has 0 fully saturated rings. The van der Waals surface area contributed by atoms with Gasteiger partial charge in [-0.15, -0.1) is 11.3 Å². The number of benzene rings is 1. The number of halogens is 1. The van der Waals surface area contributed by atoms with Gasteiger partial charge in [0.1, 0.15) is 11.6 Å². The minimum atomic E-state index is -0.796. The first-order chi connectivity index (χ1) is 11.5. The average molecular weight is 351 g/mol. The zero-order valence-corrected chi connectivity index (χ0v) is 14.1. The lowest BCUT2D eigenvalue weighted by molar-refractivity contribution is -0.141. The molecule has 1 N–H and O–H groups in total. The summed E-state index contributed by atoms with van der Waals surface area (Å²) in [6, 6.07) is 8.61. The van der Waals surface area contributed by atoms with Crippen molar-refractivity contribution in [1.29, 1.82) is 0 Å². The highest BCUT2D eigenvalue weighted by Crippen LogP contribution is 2.23. The minimum Gasteiger partial charge on any atom is -0.481 e. The smallest absolute Gasteiger partial charge is 0.307 e. The fourth-order valence-electron chi connectivity index (χ4n) is 2.02. The summed E-state index contributed by atoms with van der Waals surface area (Å²) in [5.41, 5.74) is 0. The number of rotatable bonds is 7. The fraction of sp³-hybridized carbons (Fsp3) is 0.294. The number of hydrogen-bond donors (Lipinski definition) is 1. The van der Waals surface area contributed by atoms with Crippen molar-refractivity contribution in [3.05, 3.63) is 52.5 Å². The third-order valence-corrected chi connectivity index (χ3v) is 4.28. The third kappa shape index (κ3) is 5.06. The molecule has 1 amide bonds. The summed E-state index contributed by atoms with van der Waals surface area (Å²) in [4.78, 5) is 24.7. The van der Waals surface area contributed by atoms with E-state index in [2.05, 4.69) is 10.1 Å². The topological polar surface area (TPSA) is 64.6 Å². The van der Waals surface area contributed by atoms with Crippen LogP contribution in [0, 0.1) is 5.82 Å². The van der Waals surface area contributed by atoms with Crippen LogP contribution >= 0.6 is 11.3 Å². The van der Waals surface area contributed by atoms with E-state index in [1.165, 1.54) is 42.7 Å². The van der Waals surface area contributed by atoms with Gasteiger partial charge in [-0.05, 0) is 42.6 Å². The zero-order valence-electron chi connectivity index (χ0n) is 13.3. The van der Waals surface area contributed by atoms with Crippen molar-refractivity contribution in [3.63, 3.8) is 0 Å². The van der Waals surface area contributed by atoms with Crippen LogP contribution in [0.15, 0.2) is 41.8 Å². The fourth-order valence-corrected chi connectivity index (χ4v) is 2.80. The number of hydrogen-bond acceptors (Lipinski definition) is 5. The minimum absolute atomic E-state index is 0.0338. The Hall–Kier alpha value is -2.41. The predicted octanol–water partition coefficient (Wildman–Crippen LogP) is 3.08. The first-order valence-electron chi connectivity index (χ1n) is 7.32. The van der Waals surface area contributed by atoms with Crippen molar-refractivity contribution in [2.75, 3.05) is 7.11 Å². The van der Waals surface area contributed by atoms with E-state index in [0.29, 0.717) is 5.75 Å². The first-order valence-corrected chi connectivity index (χ1v) is 8.20. The number of carbonyl (C=O) groups excluding carboxylic acids is 2. The Balaban J connectivity index is 2.00. The molecule has 0 spiro atoms. The third-order valence-electron chi connectivity index (χ3n) is 3.30. The number of thiophene rings is 1. The average Bonchev–Trinajstić information content (AvgIpc) is 3.10. The van der Waals surface area contributed by atoms with Gasteiger partial charge in [-0.3, -0.25) is 9.59 Å². The molecule has 1 aromatic carbocycles. The summed E-state index contributed by atoms with van der Waals surface area (Å²) in [5, 5.41) is 4.65. The van der Waals surface area contributed by atoms with Gasteiger partial charge < -0.3 is 14.8 Å². The molecule has 2 atom stereocenters. The van der Waals surface area contributed by atoms with Crippen molar-refractivity contribution in [1.82, 2.24) is 5.32 Å². The predicted molar refractivity (Wildman–Crippen MR) is 88.3 cm³/mol. The van der Waals surface area contributed by atoms with Gasteiger partial charge in [0, 0.05) is 4.88 Å². The second kappa shape index (κ2) is 8.44. The number of amides is 1. The lowest BCUT2D eigenvalue weighted by Crippen LogP contribution is -2.39. The lowest BCUT2D eigenvalue weighted by atomic mass is 10.1. The Labute approximate surface area is 143 Å². The first kappa shape index (κ1) is 17.9. The van der Waals surface area contributed by atoms with Crippen LogP contribution in [0.1, 0.15) is 24.3 Å². The molecule has 7 heteroatoms. The maximum absolute atomic E-state index is 12.9. The Morgan fingerprint density at radius 3 is 2.54 bits per heavy atom. The summed E-state index contributed by atoms with van der Waals surface area (Å²) in [7, 11) is 1.30. The molecule has 0 aliphatic rings. The normalized spacial score (nSPS) is 13.0. The molecule has 2 rings (SSSR count). The van der Waals surface area contributed by atoms with Crippen LogP contribution < -0.4 is 10.1 Å². The monoisotopic (exact) mass is 351 g/mol. The Morgan fingerprint density at radius 2 is 1.96 bits per heavy atom. The van der Waals surface area contributed by atoms with Crippen LogP contribution in [0.3, 0.4) is 0 Å². The van der Waals surface area contributed by atoms with Crippen LogP contribution in [0.25, 0.3) is 0 Å². The lowest BCUT2D eigenvalue weighted by Gasteiger charge is -2.20. The molecule has 1 heterocycles. The number of nitrogens with one attached hydrogen (secondary N) is 1. The van der Waals surface area contributed by atoms with Crippen molar-refractivity contribution >= 4 is 23.2 Å². The van der Waals surface area contributed by atoms with Crippen molar-refractivity contribution in [2.24, 2.45) is 0 Å². The highest BCUT2D eigenvalue weighted by atomic mass is 32.1. The zero-order chi connectivity index (χ0) is 17.5. The quantitative estimate of drug-likeness (QED) is 0.779. The van der Waals surface area contributed by atoms with Crippen LogP contribution in [0.2, 0.25) is 0 Å². The molecule has 0 bridgehead atoms. The summed E-state index contributed by atoms with van der Waals surface area (Å²) >= 11 is 1.44. The van der Waals surface area contributed by atoms with E-state index in [-0.39, 0.29) is 18.1 Å². The Morgan fingerprint density at radius 1 is 1.25 bits per heavy atom. The van der Waals surface area contributed by atoms with Crippen molar-refractivity contribution < 1.29 is 23.5 Å². The number of esters is 1. The second-order valence-electron chi connectivity index (χ2n) is 5.07. The van der Waals surface area contributed by atoms with Crippen molar-refractivity contribution in [2.45, 2.75) is 25.5 Å². The molecule has 24 heavy (non-hydrogen) atoms. The van der Waals surface area contributed by atoms with Gasteiger partial charge in [-0.25, -0.2) is 4.39 Å². The maximum atomic E-state index is 12.9. The van der Waals surface area contributed by atoms with Gasteiger partial charge in [0.05, 0.1) is 19.6 Å². The van der Waals surface area contributed by atoms with Gasteiger partial charge >= 0.3 is 5.97 Å². The van der Waals surface area contributed by atoms with Gasteiger partial charge in [0.15, 0.2) is 6.10 Å². The molecule has 1 aromatic heterocycles. The van der Waals surface area contributed by atoms with Gasteiger partial charge in [-0.2, -0.15) is 0 Å². The summed E-state index contributed by atoms with van der Waals surface area (Å²) in [6.07, 6.45) is -0.762. The summed E-state index contributed by atoms with van der Waals surface area (Å²) in [6.45, 7) is 1.59.